The van der Waals surface area contributed by atoms with Gasteiger partial charge in [0.2, 0.25) is 0 Å². The molecule has 6 nitrogen and oxygen atoms in total. The fourth-order valence-electron chi connectivity index (χ4n) is 2.23. The van der Waals surface area contributed by atoms with E-state index in [1.54, 1.807) is 29.8 Å². The molecule has 22 heavy (non-hydrogen) atoms. The fraction of sp³-hybridized carbons (Fsp3) is 0.214. The van der Waals surface area contributed by atoms with Gasteiger partial charge in [0, 0.05) is 13.2 Å². The van der Waals surface area contributed by atoms with Gasteiger partial charge in [-0.1, -0.05) is 6.92 Å². The predicted octanol–water partition coefficient (Wildman–Crippen LogP) is 2.59. The van der Waals surface area contributed by atoms with E-state index in [0.717, 1.165) is 5.52 Å². The molecule has 0 aromatic carbocycles. The number of hydrogen-bond donors (Lipinski definition) is 0. The van der Waals surface area contributed by atoms with Crippen LogP contribution >= 0.6 is 15.9 Å². The highest BCUT2D eigenvalue weighted by Crippen LogP contribution is 2.27. The highest BCUT2D eigenvalue weighted by molar-refractivity contribution is 9.10. The van der Waals surface area contributed by atoms with Gasteiger partial charge in [0.25, 0.3) is 0 Å². The van der Waals surface area contributed by atoms with Gasteiger partial charge < -0.3 is 4.57 Å². The number of pyridine rings is 2. The van der Waals surface area contributed by atoms with Crippen LogP contribution in [-0.4, -0.2) is 33.7 Å². The zero-order valence-electron chi connectivity index (χ0n) is 12.0. The maximum atomic E-state index is 12.3. The van der Waals surface area contributed by atoms with Crippen LogP contribution in [0.5, 0.6) is 0 Å². The maximum Gasteiger partial charge on any atom is 0.180 e. The average molecular weight is 381 g/mol. The van der Waals surface area contributed by atoms with Crippen molar-refractivity contribution in [3.63, 3.8) is 0 Å². The Kier molecular flexibility index (Phi) is 3.73. The van der Waals surface area contributed by atoms with Crippen molar-refractivity contribution in [2.45, 2.75) is 11.8 Å². The van der Waals surface area contributed by atoms with Crippen LogP contribution in [0.3, 0.4) is 0 Å². The monoisotopic (exact) mass is 380 g/mol. The summed E-state index contributed by atoms with van der Waals surface area (Å²) in [5.74, 6) is 0.493. The molecule has 0 amide bonds. The third-order valence-corrected chi connectivity index (χ3v) is 5.61. The first-order valence-electron chi connectivity index (χ1n) is 6.61. The Balaban J connectivity index is 2.31. The minimum absolute atomic E-state index is 0.0133. The van der Waals surface area contributed by atoms with Crippen molar-refractivity contribution in [3.05, 3.63) is 35.1 Å². The molecule has 3 heterocycles. The minimum Gasteiger partial charge on any atom is -0.324 e. The van der Waals surface area contributed by atoms with Crippen molar-refractivity contribution in [1.29, 1.82) is 0 Å². The van der Waals surface area contributed by atoms with Crippen molar-refractivity contribution in [1.82, 2.24) is 19.5 Å². The van der Waals surface area contributed by atoms with Gasteiger partial charge in [0.15, 0.2) is 21.3 Å². The van der Waals surface area contributed by atoms with Crippen LogP contribution in [0.4, 0.5) is 0 Å². The van der Waals surface area contributed by atoms with Gasteiger partial charge in [-0.25, -0.2) is 18.4 Å². The molecular formula is C14H13BrN4O2S. The largest absolute Gasteiger partial charge is 0.324 e. The van der Waals surface area contributed by atoms with Gasteiger partial charge in [-0.15, -0.1) is 0 Å². The molecule has 0 atom stereocenters. The van der Waals surface area contributed by atoms with E-state index in [4.69, 9.17) is 0 Å². The summed E-state index contributed by atoms with van der Waals surface area (Å²) in [4.78, 5) is 13.2. The van der Waals surface area contributed by atoms with Crippen LogP contribution in [0.25, 0.3) is 22.7 Å². The number of fused-ring (bicyclic) bond motifs is 1. The van der Waals surface area contributed by atoms with Gasteiger partial charge in [0.1, 0.15) is 10.3 Å². The highest BCUT2D eigenvalue weighted by atomic mass is 79.9. The molecule has 0 unspecified atom stereocenters. The van der Waals surface area contributed by atoms with Crippen molar-refractivity contribution in [2.75, 3.05) is 5.75 Å². The molecule has 0 radical (unpaired) electrons. The molecular weight excluding hydrogens is 368 g/mol. The predicted molar refractivity (Wildman–Crippen MR) is 87.2 cm³/mol. The summed E-state index contributed by atoms with van der Waals surface area (Å²) in [6.45, 7) is 1.61. The molecule has 0 saturated carbocycles. The number of imidazole rings is 1. The van der Waals surface area contributed by atoms with E-state index in [1.165, 1.54) is 0 Å². The smallest absolute Gasteiger partial charge is 0.180 e. The van der Waals surface area contributed by atoms with Crippen molar-refractivity contribution < 1.29 is 8.42 Å². The number of aromatic nitrogens is 4. The first-order valence-corrected chi connectivity index (χ1v) is 9.05. The first-order chi connectivity index (χ1) is 10.4. The molecule has 3 aromatic rings. The third kappa shape index (κ3) is 2.42. The Morgan fingerprint density at radius 1 is 1.23 bits per heavy atom. The molecule has 114 valence electrons. The molecule has 0 fully saturated rings. The molecule has 0 N–H and O–H groups in total. The first kappa shape index (κ1) is 15.1. The summed E-state index contributed by atoms with van der Waals surface area (Å²) in [6, 6.07) is 6.86. The lowest BCUT2D eigenvalue weighted by Gasteiger charge is -2.08. The lowest BCUT2D eigenvalue weighted by Crippen LogP contribution is -2.08. The summed E-state index contributed by atoms with van der Waals surface area (Å²) in [7, 11) is -1.57. The summed E-state index contributed by atoms with van der Waals surface area (Å²) in [5.41, 5.74) is 1.70. The fourth-order valence-corrected chi connectivity index (χ4v) is 3.56. The van der Waals surface area contributed by atoms with Gasteiger partial charge >= 0.3 is 0 Å². The SMILES string of the molecule is CCS(=O)(=O)c1cccnc1-c1nc2nc(Br)ccc2n1C. The van der Waals surface area contributed by atoms with Crippen LogP contribution in [0.2, 0.25) is 0 Å². The van der Waals surface area contributed by atoms with Crippen molar-refractivity contribution >= 4 is 36.9 Å². The molecule has 0 bridgehead atoms. The van der Waals surface area contributed by atoms with Crippen molar-refractivity contribution in [3.8, 4) is 11.5 Å². The van der Waals surface area contributed by atoms with Crippen LogP contribution in [-0.2, 0) is 16.9 Å². The second-order valence-corrected chi connectivity index (χ2v) is 7.78. The van der Waals surface area contributed by atoms with E-state index < -0.39 is 9.84 Å². The number of halogens is 1. The van der Waals surface area contributed by atoms with Crippen molar-refractivity contribution in [2.24, 2.45) is 7.05 Å². The minimum atomic E-state index is -3.38. The van der Waals surface area contributed by atoms with Crippen LogP contribution in [0, 0.1) is 0 Å². The van der Waals surface area contributed by atoms with E-state index >= 15 is 0 Å². The molecule has 0 aliphatic rings. The number of rotatable bonds is 3. The lowest BCUT2D eigenvalue weighted by molar-refractivity contribution is 0.597. The van der Waals surface area contributed by atoms with Gasteiger partial charge in [-0.05, 0) is 40.2 Å². The van der Waals surface area contributed by atoms with E-state index in [1.807, 2.05) is 19.2 Å². The average Bonchev–Trinajstić information content (AvgIpc) is 2.83. The molecule has 0 aliphatic carbocycles. The van der Waals surface area contributed by atoms with E-state index in [2.05, 4.69) is 30.9 Å². The summed E-state index contributed by atoms with van der Waals surface area (Å²) < 4.78 is 27.0. The van der Waals surface area contributed by atoms with Crippen LogP contribution in [0.15, 0.2) is 40.0 Å². The highest BCUT2D eigenvalue weighted by Gasteiger charge is 2.22. The van der Waals surface area contributed by atoms with Crippen LogP contribution in [0.1, 0.15) is 6.92 Å². The Morgan fingerprint density at radius 3 is 2.73 bits per heavy atom. The second kappa shape index (κ2) is 5.44. The Morgan fingerprint density at radius 2 is 2.00 bits per heavy atom. The van der Waals surface area contributed by atoms with Gasteiger partial charge in [0.05, 0.1) is 16.2 Å². The van der Waals surface area contributed by atoms with E-state index in [9.17, 15) is 8.42 Å². The Labute approximate surface area is 136 Å². The van der Waals surface area contributed by atoms with E-state index in [-0.39, 0.29) is 10.6 Å². The zero-order valence-corrected chi connectivity index (χ0v) is 14.4. The molecule has 3 rings (SSSR count). The third-order valence-electron chi connectivity index (χ3n) is 3.41. The topological polar surface area (TPSA) is 77.7 Å². The molecule has 3 aromatic heterocycles. The molecule has 0 spiro atoms. The maximum absolute atomic E-state index is 12.3. The zero-order chi connectivity index (χ0) is 15.9. The standard InChI is InChI=1S/C14H13BrN4O2S/c1-3-22(20,21)10-5-4-8-16-12(10)14-18-13-9(19(14)2)6-7-11(15)17-13/h4-8H,3H2,1-2H3. The summed E-state index contributed by atoms with van der Waals surface area (Å²) in [5, 5.41) is 0. The summed E-state index contributed by atoms with van der Waals surface area (Å²) >= 11 is 3.31. The summed E-state index contributed by atoms with van der Waals surface area (Å²) in [6.07, 6.45) is 1.56. The number of aryl methyl sites for hydroxylation is 1. The normalized spacial score (nSPS) is 12.0. The van der Waals surface area contributed by atoms with E-state index in [0.29, 0.717) is 21.8 Å². The number of nitrogens with zero attached hydrogens (tertiary/aromatic N) is 4. The van der Waals surface area contributed by atoms with Crippen LogP contribution < -0.4 is 0 Å². The number of sulfone groups is 1. The number of hydrogen-bond acceptors (Lipinski definition) is 5. The molecule has 8 heteroatoms. The lowest BCUT2D eigenvalue weighted by atomic mass is 10.3. The molecule has 0 aliphatic heterocycles. The Hall–Kier alpha value is -1.80. The molecule has 0 saturated heterocycles. The Bertz CT molecular complexity index is 966. The quantitative estimate of drug-likeness (QED) is 0.652. The van der Waals surface area contributed by atoms with Gasteiger partial charge in [-0.2, -0.15) is 0 Å². The second-order valence-electron chi connectivity index (χ2n) is 4.72. The van der Waals surface area contributed by atoms with Gasteiger partial charge in [-0.3, -0.25) is 4.98 Å².